The summed E-state index contributed by atoms with van der Waals surface area (Å²) in [6, 6.07) is 24.4. The summed E-state index contributed by atoms with van der Waals surface area (Å²) in [5.74, 6) is -0.739. The van der Waals surface area contributed by atoms with E-state index >= 15 is 0 Å². The van der Waals surface area contributed by atoms with Crippen LogP contribution in [0.4, 0.5) is 5.69 Å². The molecule has 0 aliphatic rings. The molecule has 0 saturated carbocycles. The molecule has 0 aliphatic carbocycles. The van der Waals surface area contributed by atoms with E-state index < -0.39 is 18.0 Å². The minimum absolute atomic E-state index is 0.116. The molecule has 1 atom stereocenters. The van der Waals surface area contributed by atoms with Crippen molar-refractivity contribution in [3.05, 3.63) is 101 Å². The molecule has 0 spiro atoms. The van der Waals surface area contributed by atoms with Gasteiger partial charge in [-0.1, -0.05) is 66.2 Å². The highest BCUT2D eigenvalue weighted by atomic mass is 35.5. The SMILES string of the molecule is COc1ccc(NC(=O)[C@@H](OC(=O)c2ccc3ccccc3n2)c2ccccc2)cc1Cl. The van der Waals surface area contributed by atoms with Gasteiger partial charge in [0, 0.05) is 16.6 Å². The number of halogens is 1. The molecule has 0 unspecified atom stereocenters. The van der Waals surface area contributed by atoms with E-state index in [0.29, 0.717) is 27.5 Å². The van der Waals surface area contributed by atoms with Gasteiger partial charge in [-0.05, 0) is 30.3 Å². The number of amides is 1. The average Bonchev–Trinajstić information content (AvgIpc) is 2.82. The molecule has 4 aromatic rings. The predicted molar refractivity (Wildman–Crippen MR) is 123 cm³/mol. The van der Waals surface area contributed by atoms with Crippen LogP contribution in [0.25, 0.3) is 10.9 Å². The smallest absolute Gasteiger partial charge is 0.358 e. The topological polar surface area (TPSA) is 77.5 Å². The van der Waals surface area contributed by atoms with E-state index in [2.05, 4.69) is 10.3 Å². The predicted octanol–water partition coefficient (Wildman–Crippen LogP) is 5.43. The van der Waals surface area contributed by atoms with Crippen LogP contribution in [0, 0.1) is 0 Å². The quantitative estimate of drug-likeness (QED) is 0.399. The van der Waals surface area contributed by atoms with Crippen molar-refractivity contribution < 1.29 is 19.1 Å². The van der Waals surface area contributed by atoms with Crippen molar-refractivity contribution in [2.45, 2.75) is 6.10 Å². The third kappa shape index (κ3) is 4.71. The van der Waals surface area contributed by atoms with Crippen LogP contribution in [0.2, 0.25) is 5.02 Å². The molecule has 4 rings (SSSR count). The van der Waals surface area contributed by atoms with Crippen molar-refractivity contribution in [3.63, 3.8) is 0 Å². The summed E-state index contributed by atoms with van der Waals surface area (Å²) in [7, 11) is 1.51. The zero-order valence-electron chi connectivity index (χ0n) is 17.1. The average molecular weight is 447 g/mol. The van der Waals surface area contributed by atoms with Crippen LogP contribution in [0.3, 0.4) is 0 Å². The molecule has 160 valence electrons. The standard InChI is InChI=1S/C25H19ClN2O4/c1-31-22-14-12-18(15-19(22)26)27-24(29)23(17-8-3-2-4-9-17)32-25(30)21-13-11-16-7-5-6-10-20(16)28-21/h2-15,23H,1H3,(H,27,29)/t23-/m0/s1. The Morgan fingerprint density at radius 2 is 1.69 bits per heavy atom. The van der Waals surface area contributed by atoms with Crippen molar-refractivity contribution in [2.75, 3.05) is 12.4 Å². The number of aromatic nitrogens is 1. The number of nitrogens with one attached hydrogen (secondary N) is 1. The number of anilines is 1. The summed E-state index contributed by atoms with van der Waals surface area (Å²) in [5.41, 5.74) is 1.75. The van der Waals surface area contributed by atoms with Crippen LogP contribution < -0.4 is 10.1 Å². The summed E-state index contributed by atoms with van der Waals surface area (Å²) in [6.07, 6.45) is -1.18. The zero-order chi connectivity index (χ0) is 22.5. The molecule has 0 fully saturated rings. The Kier molecular flexibility index (Phi) is 6.33. The minimum Gasteiger partial charge on any atom is -0.495 e. The van der Waals surface area contributed by atoms with E-state index in [1.54, 1.807) is 60.7 Å². The molecule has 32 heavy (non-hydrogen) atoms. The number of nitrogens with zero attached hydrogens (tertiary/aromatic N) is 1. The van der Waals surface area contributed by atoms with Gasteiger partial charge < -0.3 is 14.8 Å². The molecule has 6 nitrogen and oxygen atoms in total. The number of benzene rings is 3. The van der Waals surface area contributed by atoms with Crippen molar-refractivity contribution in [3.8, 4) is 5.75 Å². The van der Waals surface area contributed by atoms with Gasteiger partial charge in [0.1, 0.15) is 11.4 Å². The number of fused-ring (bicyclic) bond motifs is 1. The lowest BCUT2D eigenvalue weighted by molar-refractivity contribution is -0.125. The maximum atomic E-state index is 13.1. The van der Waals surface area contributed by atoms with Gasteiger partial charge in [-0.3, -0.25) is 4.79 Å². The van der Waals surface area contributed by atoms with E-state index in [-0.39, 0.29) is 5.69 Å². The lowest BCUT2D eigenvalue weighted by Crippen LogP contribution is -2.26. The summed E-state index contributed by atoms with van der Waals surface area (Å²) in [4.78, 5) is 30.3. The first-order valence-corrected chi connectivity index (χ1v) is 10.2. The van der Waals surface area contributed by atoms with Crippen LogP contribution >= 0.6 is 11.6 Å². The van der Waals surface area contributed by atoms with Gasteiger partial charge in [0.25, 0.3) is 5.91 Å². The van der Waals surface area contributed by atoms with E-state index in [4.69, 9.17) is 21.1 Å². The van der Waals surface area contributed by atoms with Crippen molar-refractivity contribution in [2.24, 2.45) is 0 Å². The Balaban J connectivity index is 1.59. The molecule has 1 N–H and O–H groups in total. The highest BCUT2D eigenvalue weighted by Gasteiger charge is 2.26. The summed E-state index contributed by atoms with van der Waals surface area (Å²) in [6.45, 7) is 0. The Labute approximate surface area is 189 Å². The maximum absolute atomic E-state index is 13.1. The van der Waals surface area contributed by atoms with E-state index in [0.717, 1.165) is 5.39 Å². The Morgan fingerprint density at radius 3 is 2.44 bits per heavy atom. The molecule has 0 bridgehead atoms. The highest BCUT2D eigenvalue weighted by molar-refractivity contribution is 6.32. The lowest BCUT2D eigenvalue weighted by atomic mass is 10.1. The van der Waals surface area contributed by atoms with Gasteiger partial charge >= 0.3 is 5.97 Å². The normalized spacial score (nSPS) is 11.6. The van der Waals surface area contributed by atoms with Gasteiger partial charge in [-0.15, -0.1) is 0 Å². The largest absolute Gasteiger partial charge is 0.495 e. The molecule has 0 radical (unpaired) electrons. The second kappa shape index (κ2) is 9.49. The van der Waals surface area contributed by atoms with Crippen LogP contribution in [0.1, 0.15) is 22.2 Å². The number of hydrogen-bond donors (Lipinski definition) is 1. The summed E-state index contributed by atoms with van der Waals surface area (Å²) in [5, 5.41) is 3.99. The van der Waals surface area contributed by atoms with E-state index in [1.165, 1.54) is 7.11 Å². The Morgan fingerprint density at radius 1 is 0.938 bits per heavy atom. The fourth-order valence-electron chi connectivity index (χ4n) is 3.20. The second-order valence-corrected chi connectivity index (χ2v) is 7.33. The third-order valence-corrected chi connectivity index (χ3v) is 5.09. The Hall–Kier alpha value is -3.90. The van der Waals surface area contributed by atoms with Crippen LogP contribution in [0.5, 0.6) is 5.75 Å². The fourth-order valence-corrected chi connectivity index (χ4v) is 3.46. The van der Waals surface area contributed by atoms with Gasteiger partial charge in [-0.2, -0.15) is 0 Å². The number of ether oxygens (including phenoxy) is 2. The first kappa shape index (κ1) is 21.3. The van der Waals surface area contributed by atoms with Gasteiger partial charge in [-0.25, -0.2) is 9.78 Å². The molecule has 3 aromatic carbocycles. The molecule has 0 saturated heterocycles. The van der Waals surface area contributed by atoms with Crippen LogP contribution in [-0.4, -0.2) is 24.0 Å². The van der Waals surface area contributed by atoms with Crippen molar-refractivity contribution in [1.82, 2.24) is 4.98 Å². The van der Waals surface area contributed by atoms with Crippen LogP contribution in [-0.2, 0) is 9.53 Å². The van der Waals surface area contributed by atoms with Gasteiger partial charge in [0.05, 0.1) is 17.6 Å². The monoisotopic (exact) mass is 446 g/mol. The first-order valence-electron chi connectivity index (χ1n) is 9.81. The van der Waals surface area contributed by atoms with Crippen molar-refractivity contribution >= 4 is 40.1 Å². The first-order chi connectivity index (χ1) is 15.5. The zero-order valence-corrected chi connectivity index (χ0v) is 17.9. The molecule has 7 heteroatoms. The van der Waals surface area contributed by atoms with Crippen molar-refractivity contribution in [1.29, 1.82) is 0 Å². The molecule has 0 aliphatic heterocycles. The third-order valence-electron chi connectivity index (χ3n) is 4.79. The number of carbonyl (C=O) groups excluding carboxylic acids is 2. The van der Waals surface area contributed by atoms with Gasteiger partial charge in [0.2, 0.25) is 6.10 Å². The summed E-state index contributed by atoms with van der Waals surface area (Å²) < 4.78 is 10.7. The molecule has 1 aromatic heterocycles. The van der Waals surface area contributed by atoms with E-state index in [9.17, 15) is 9.59 Å². The number of carbonyl (C=O) groups is 2. The highest BCUT2D eigenvalue weighted by Crippen LogP contribution is 2.28. The molecule has 1 amide bonds. The fraction of sp³-hybridized carbons (Fsp3) is 0.0800. The number of rotatable bonds is 6. The minimum atomic E-state index is -1.18. The number of methoxy groups -OCH3 is 1. The summed E-state index contributed by atoms with van der Waals surface area (Å²) >= 11 is 6.15. The number of pyridine rings is 1. The maximum Gasteiger partial charge on any atom is 0.358 e. The Bertz CT molecular complexity index is 1280. The number of hydrogen-bond acceptors (Lipinski definition) is 5. The molecular weight excluding hydrogens is 428 g/mol. The van der Waals surface area contributed by atoms with Gasteiger partial charge in [0.15, 0.2) is 0 Å². The van der Waals surface area contributed by atoms with E-state index in [1.807, 2.05) is 24.3 Å². The number of esters is 1. The number of para-hydroxylation sites is 1. The lowest BCUT2D eigenvalue weighted by Gasteiger charge is -2.18. The molecule has 1 heterocycles. The second-order valence-electron chi connectivity index (χ2n) is 6.92. The molecular formula is C25H19ClN2O4. The van der Waals surface area contributed by atoms with Crippen LogP contribution in [0.15, 0.2) is 84.9 Å².